The molecule has 2 unspecified atom stereocenters. The topological polar surface area (TPSA) is 57.8 Å². The molecule has 1 amide bonds. The van der Waals surface area contributed by atoms with E-state index in [4.69, 9.17) is 0 Å². The Morgan fingerprint density at radius 1 is 1.24 bits per heavy atom. The van der Waals surface area contributed by atoms with Crippen LogP contribution in [0.1, 0.15) is 68.4 Å². The first-order valence-corrected chi connectivity index (χ1v) is 8.13. The SMILES string of the molecule is Cc1[nH]ncc1C(=O)NC12CC3CC(C)(CC(C)(C3)C1)C2. The van der Waals surface area contributed by atoms with Crippen molar-refractivity contribution in [3.8, 4) is 0 Å². The number of aryl methyl sites for hydroxylation is 1. The first kappa shape index (κ1) is 13.4. The maximum Gasteiger partial charge on any atom is 0.255 e. The van der Waals surface area contributed by atoms with Crippen LogP contribution in [0.5, 0.6) is 0 Å². The van der Waals surface area contributed by atoms with Crippen molar-refractivity contribution in [2.75, 3.05) is 0 Å². The van der Waals surface area contributed by atoms with Crippen molar-refractivity contribution in [2.24, 2.45) is 16.7 Å². The van der Waals surface area contributed by atoms with Crippen LogP contribution in [-0.4, -0.2) is 21.6 Å². The lowest BCUT2D eigenvalue weighted by Crippen LogP contribution is -2.65. The van der Waals surface area contributed by atoms with Crippen molar-refractivity contribution in [1.82, 2.24) is 15.5 Å². The van der Waals surface area contributed by atoms with Gasteiger partial charge in [-0.15, -0.1) is 0 Å². The molecule has 1 aromatic heterocycles. The van der Waals surface area contributed by atoms with Gasteiger partial charge in [-0.3, -0.25) is 9.89 Å². The van der Waals surface area contributed by atoms with Gasteiger partial charge in [0.15, 0.2) is 0 Å². The van der Waals surface area contributed by atoms with Gasteiger partial charge in [0.2, 0.25) is 0 Å². The third kappa shape index (κ3) is 2.02. The molecule has 0 aliphatic heterocycles. The highest BCUT2D eigenvalue weighted by molar-refractivity contribution is 5.95. The second kappa shape index (κ2) is 3.90. The van der Waals surface area contributed by atoms with Gasteiger partial charge >= 0.3 is 0 Å². The number of nitrogens with one attached hydrogen (secondary N) is 2. The van der Waals surface area contributed by atoms with Crippen LogP contribution < -0.4 is 5.32 Å². The summed E-state index contributed by atoms with van der Waals surface area (Å²) in [5.74, 6) is 0.845. The first-order chi connectivity index (χ1) is 9.81. The molecule has 4 aliphatic carbocycles. The van der Waals surface area contributed by atoms with Gasteiger partial charge in [0, 0.05) is 11.2 Å². The molecule has 4 aliphatic rings. The van der Waals surface area contributed by atoms with Crippen LogP contribution in [0.3, 0.4) is 0 Å². The third-order valence-electron chi connectivity index (χ3n) is 6.08. The van der Waals surface area contributed by atoms with Crippen LogP contribution in [0.2, 0.25) is 0 Å². The maximum absolute atomic E-state index is 12.6. The van der Waals surface area contributed by atoms with Crippen molar-refractivity contribution >= 4 is 5.91 Å². The minimum atomic E-state index is 0.0176. The molecule has 21 heavy (non-hydrogen) atoms. The molecule has 0 aromatic carbocycles. The van der Waals surface area contributed by atoms with E-state index in [0.29, 0.717) is 16.4 Å². The Bertz CT molecular complexity index is 587. The molecule has 4 heteroatoms. The van der Waals surface area contributed by atoms with Gasteiger partial charge in [-0.2, -0.15) is 5.10 Å². The molecule has 1 aromatic rings. The van der Waals surface area contributed by atoms with Crippen LogP contribution in [0.15, 0.2) is 6.20 Å². The molecular weight excluding hydrogens is 262 g/mol. The third-order valence-corrected chi connectivity index (χ3v) is 6.08. The minimum absolute atomic E-state index is 0.0176. The summed E-state index contributed by atoms with van der Waals surface area (Å²) in [6.07, 6.45) is 9.15. The summed E-state index contributed by atoms with van der Waals surface area (Å²) in [4.78, 5) is 12.6. The van der Waals surface area contributed by atoms with Crippen molar-refractivity contribution in [3.63, 3.8) is 0 Å². The van der Waals surface area contributed by atoms with Crippen LogP contribution in [0.4, 0.5) is 0 Å². The van der Waals surface area contributed by atoms with Crippen molar-refractivity contribution in [1.29, 1.82) is 0 Å². The normalized spacial score (nSPS) is 44.0. The Balaban J connectivity index is 1.63. The van der Waals surface area contributed by atoms with Gasteiger partial charge in [0.25, 0.3) is 5.91 Å². The molecule has 4 fully saturated rings. The number of aromatic amines is 1. The fourth-order valence-corrected chi connectivity index (χ4v) is 6.47. The fraction of sp³-hybridized carbons (Fsp3) is 0.765. The molecule has 4 nitrogen and oxygen atoms in total. The maximum atomic E-state index is 12.6. The summed E-state index contributed by atoms with van der Waals surface area (Å²) in [5, 5.41) is 10.3. The lowest BCUT2D eigenvalue weighted by Gasteiger charge is -2.65. The first-order valence-electron chi connectivity index (χ1n) is 8.13. The highest BCUT2D eigenvalue weighted by Gasteiger charge is 2.60. The van der Waals surface area contributed by atoms with Crippen LogP contribution >= 0.6 is 0 Å². The van der Waals surface area contributed by atoms with E-state index in [1.807, 2.05) is 6.92 Å². The number of hydrogen-bond acceptors (Lipinski definition) is 2. The zero-order valence-corrected chi connectivity index (χ0v) is 13.3. The number of aromatic nitrogens is 2. The molecule has 0 saturated heterocycles. The average molecular weight is 287 g/mol. The predicted molar refractivity (Wildman–Crippen MR) is 80.9 cm³/mol. The molecular formula is C17H25N3O. The number of amides is 1. The van der Waals surface area contributed by atoms with Gasteiger partial charge in [0.1, 0.15) is 0 Å². The zero-order chi connectivity index (χ0) is 14.9. The van der Waals surface area contributed by atoms with Gasteiger partial charge < -0.3 is 5.32 Å². The summed E-state index contributed by atoms with van der Waals surface area (Å²) < 4.78 is 0. The van der Waals surface area contributed by atoms with E-state index >= 15 is 0 Å². The summed E-state index contributed by atoms with van der Waals surface area (Å²) in [6, 6.07) is 0. The highest BCUT2D eigenvalue weighted by Crippen LogP contribution is 2.66. The Hall–Kier alpha value is -1.32. The van der Waals surface area contributed by atoms with Gasteiger partial charge in [-0.1, -0.05) is 13.8 Å². The lowest BCUT2D eigenvalue weighted by molar-refractivity contribution is -0.114. The monoisotopic (exact) mass is 287 g/mol. The molecule has 2 N–H and O–H groups in total. The summed E-state index contributed by atoms with van der Waals surface area (Å²) in [7, 11) is 0. The van der Waals surface area contributed by atoms with Gasteiger partial charge in [-0.05, 0) is 62.2 Å². The standard InChI is InChI=1S/C17H25N3O/c1-11-13(7-18-20-11)14(21)19-17-6-12-4-15(2,9-17)8-16(3,5-12)10-17/h7,12H,4-6,8-10H2,1-3H3,(H,18,20)(H,19,21). The van der Waals surface area contributed by atoms with E-state index in [2.05, 4.69) is 29.4 Å². The van der Waals surface area contributed by atoms with Gasteiger partial charge in [-0.25, -0.2) is 0 Å². The number of carbonyl (C=O) groups excluding carboxylic acids is 1. The average Bonchev–Trinajstić information content (AvgIpc) is 2.69. The summed E-state index contributed by atoms with van der Waals surface area (Å²) in [5.41, 5.74) is 2.42. The number of hydrogen-bond donors (Lipinski definition) is 2. The van der Waals surface area contributed by atoms with Crippen molar-refractivity contribution in [3.05, 3.63) is 17.5 Å². The summed E-state index contributed by atoms with van der Waals surface area (Å²) in [6.45, 7) is 6.77. The van der Waals surface area contributed by atoms with E-state index in [9.17, 15) is 4.79 Å². The molecule has 4 saturated carbocycles. The smallest absolute Gasteiger partial charge is 0.255 e. The zero-order valence-electron chi connectivity index (χ0n) is 13.3. The number of carbonyl (C=O) groups is 1. The molecule has 114 valence electrons. The second-order valence-electron chi connectivity index (χ2n) is 8.77. The van der Waals surface area contributed by atoms with E-state index in [0.717, 1.165) is 24.5 Å². The van der Waals surface area contributed by atoms with E-state index < -0.39 is 0 Å². The van der Waals surface area contributed by atoms with Gasteiger partial charge in [0.05, 0.1) is 11.8 Å². The van der Waals surface area contributed by atoms with Crippen LogP contribution in [-0.2, 0) is 0 Å². The minimum Gasteiger partial charge on any atom is -0.346 e. The van der Waals surface area contributed by atoms with E-state index in [1.165, 1.54) is 25.7 Å². The number of H-pyrrole nitrogens is 1. The van der Waals surface area contributed by atoms with E-state index in [1.54, 1.807) is 6.20 Å². The molecule has 0 radical (unpaired) electrons. The Labute approximate surface area is 126 Å². The molecule has 4 bridgehead atoms. The number of rotatable bonds is 2. The Morgan fingerprint density at radius 3 is 2.43 bits per heavy atom. The quantitative estimate of drug-likeness (QED) is 0.877. The number of nitrogens with zero attached hydrogens (tertiary/aromatic N) is 1. The van der Waals surface area contributed by atoms with E-state index in [-0.39, 0.29) is 11.4 Å². The van der Waals surface area contributed by atoms with Crippen LogP contribution in [0, 0.1) is 23.7 Å². The Morgan fingerprint density at radius 2 is 1.90 bits per heavy atom. The Kier molecular flexibility index (Phi) is 2.48. The van der Waals surface area contributed by atoms with Crippen molar-refractivity contribution < 1.29 is 4.79 Å². The molecule has 1 heterocycles. The fourth-order valence-electron chi connectivity index (χ4n) is 6.47. The highest BCUT2D eigenvalue weighted by atomic mass is 16.1. The predicted octanol–water partition coefficient (Wildman–Crippen LogP) is 3.20. The van der Waals surface area contributed by atoms with Crippen molar-refractivity contribution in [2.45, 2.75) is 64.8 Å². The molecule has 0 spiro atoms. The largest absolute Gasteiger partial charge is 0.346 e. The molecule has 2 atom stereocenters. The molecule has 5 rings (SSSR count). The second-order valence-corrected chi connectivity index (χ2v) is 8.77. The summed E-state index contributed by atoms with van der Waals surface area (Å²) >= 11 is 0. The van der Waals surface area contributed by atoms with Crippen LogP contribution in [0.25, 0.3) is 0 Å². The lowest BCUT2D eigenvalue weighted by atomic mass is 9.43.